The maximum atomic E-state index is 14.6. The van der Waals surface area contributed by atoms with Crippen molar-refractivity contribution >= 4 is 50.5 Å². The van der Waals surface area contributed by atoms with Crippen LogP contribution < -0.4 is 14.2 Å². The maximum Gasteiger partial charge on any atom is 0.362 e. The Morgan fingerprint density at radius 1 is 1.08 bits per heavy atom. The first-order chi connectivity index (χ1) is 27.1. The first-order valence-corrected chi connectivity index (χ1v) is 21.5. The van der Waals surface area contributed by atoms with E-state index in [0.29, 0.717) is 30.9 Å². The number of nitrogens with zero attached hydrogens (tertiary/aromatic N) is 3. The normalized spacial score (nSPS) is 22.8. The lowest BCUT2D eigenvalue weighted by Crippen LogP contribution is -2.48. The van der Waals surface area contributed by atoms with Gasteiger partial charge in [0, 0.05) is 43.2 Å². The van der Waals surface area contributed by atoms with Gasteiger partial charge in [0.05, 0.1) is 36.3 Å². The number of nitrogens with one attached hydrogen (secondary N) is 1. The van der Waals surface area contributed by atoms with Crippen molar-refractivity contribution in [1.29, 1.82) is 0 Å². The molecule has 1 saturated heterocycles. The van der Waals surface area contributed by atoms with E-state index in [1.54, 1.807) is 32.4 Å². The standard InChI is InChI=1S/C39H53N3O9S.C5H9NO/c1-10-25-20-39(25,35(46)41-52(47,48)51-38(8)14-15-38)22-32(44)31-19-28(50-33-29-12-11-27(49-9)17-24(29)13-16-40-33)23-42(31)34(45)30(37(5,6)7)18-26(43)21-36(2,3)4;1-5(2,3)6-4-7/h10-13,16-17,25,28,30-31H,1,14-15,18-23H2,2-9H3,(H,41,46);1-3H3/t25-,28-,30-,31?,39-;/m1./s1. The Balaban J connectivity index is 0.00000101. The average molecular weight is 839 g/mol. The largest absolute Gasteiger partial charge is 0.497 e. The molecule has 5 atom stereocenters. The minimum Gasteiger partial charge on any atom is -0.497 e. The van der Waals surface area contributed by atoms with Crippen molar-refractivity contribution in [3.63, 3.8) is 0 Å². The van der Waals surface area contributed by atoms with Gasteiger partial charge < -0.3 is 14.4 Å². The molecule has 0 radical (unpaired) electrons. The van der Waals surface area contributed by atoms with E-state index in [9.17, 15) is 32.4 Å². The Morgan fingerprint density at radius 2 is 1.75 bits per heavy atom. The predicted octanol–water partition coefficient (Wildman–Crippen LogP) is 6.85. The van der Waals surface area contributed by atoms with E-state index in [1.165, 1.54) is 11.0 Å². The second kappa shape index (κ2) is 17.6. The first kappa shape index (κ1) is 47.2. The summed E-state index contributed by atoms with van der Waals surface area (Å²) in [6, 6.07) is 6.32. The zero-order chi connectivity index (χ0) is 44.4. The summed E-state index contributed by atoms with van der Waals surface area (Å²) in [7, 11) is -2.84. The van der Waals surface area contributed by atoms with Gasteiger partial charge in [-0.1, -0.05) is 47.6 Å². The van der Waals surface area contributed by atoms with E-state index in [0.717, 1.165) is 10.8 Å². The highest BCUT2D eigenvalue weighted by atomic mass is 32.2. The molecule has 0 spiro atoms. The number of rotatable bonds is 15. The summed E-state index contributed by atoms with van der Waals surface area (Å²) in [6.07, 6.45) is 5.42. The minimum absolute atomic E-state index is 0.0108. The molecule has 1 unspecified atom stereocenters. The van der Waals surface area contributed by atoms with Crippen molar-refractivity contribution in [2.75, 3.05) is 13.7 Å². The van der Waals surface area contributed by atoms with E-state index in [1.807, 2.05) is 85.2 Å². The van der Waals surface area contributed by atoms with E-state index < -0.39 is 62.4 Å². The van der Waals surface area contributed by atoms with Gasteiger partial charge >= 0.3 is 10.3 Å². The highest BCUT2D eigenvalue weighted by molar-refractivity contribution is 7.85. The number of hydrogen-bond acceptors (Lipinski definition) is 12. The number of aliphatic imine (C=N–C) groups is 1. The molecule has 0 bridgehead atoms. The van der Waals surface area contributed by atoms with Crippen LogP contribution in [0, 0.1) is 28.1 Å². The number of benzene rings is 1. The van der Waals surface area contributed by atoms with E-state index in [4.69, 9.17) is 13.7 Å². The van der Waals surface area contributed by atoms with Crippen LogP contribution in [0.15, 0.2) is 48.1 Å². The molecule has 2 amide bonds. The Morgan fingerprint density at radius 3 is 2.25 bits per heavy atom. The molecule has 324 valence electrons. The molecule has 2 aromatic rings. The molecule has 1 aromatic carbocycles. The number of pyridine rings is 1. The number of amides is 2. The predicted molar refractivity (Wildman–Crippen MR) is 223 cm³/mol. The molecular weight excluding hydrogens is 777 g/mol. The van der Waals surface area contributed by atoms with Crippen LogP contribution in [0.25, 0.3) is 10.8 Å². The highest BCUT2D eigenvalue weighted by Gasteiger charge is 2.61. The number of isocyanates is 1. The summed E-state index contributed by atoms with van der Waals surface area (Å²) in [6.45, 7) is 22.7. The molecule has 2 heterocycles. The summed E-state index contributed by atoms with van der Waals surface area (Å²) < 4.78 is 44.6. The molecule has 15 heteroatoms. The average Bonchev–Trinajstić information content (AvgIpc) is 3.97. The summed E-state index contributed by atoms with van der Waals surface area (Å²) >= 11 is 0. The molecule has 3 aliphatic rings. The molecule has 59 heavy (non-hydrogen) atoms. The minimum atomic E-state index is -4.42. The lowest BCUT2D eigenvalue weighted by atomic mass is 9.75. The van der Waals surface area contributed by atoms with E-state index in [2.05, 4.69) is 16.6 Å². The number of carbonyl (C=O) groups excluding carboxylic acids is 5. The number of methoxy groups -OCH3 is 1. The Kier molecular flexibility index (Phi) is 14.1. The van der Waals surface area contributed by atoms with Crippen molar-refractivity contribution < 1.29 is 46.0 Å². The van der Waals surface area contributed by atoms with Gasteiger partial charge in [-0.2, -0.15) is 8.42 Å². The number of carbonyl (C=O) groups is 4. The number of likely N-dealkylation sites (tertiary alicyclic amines) is 1. The molecular formula is C44H62N4O10S. The fourth-order valence-electron chi connectivity index (χ4n) is 7.31. The van der Waals surface area contributed by atoms with Crippen molar-refractivity contribution in [3.8, 4) is 11.6 Å². The molecule has 3 fully saturated rings. The molecule has 1 aliphatic heterocycles. The van der Waals surface area contributed by atoms with Crippen molar-refractivity contribution in [2.24, 2.45) is 33.1 Å². The van der Waals surface area contributed by atoms with E-state index in [-0.39, 0.29) is 54.9 Å². The summed E-state index contributed by atoms with van der Waals surface area (Å²) in [5.74, 6) is -1.82. The number of aromatic nitrogens is 1. The van der Waals surface area contributed by atoms with Gasteiger partial charge in [0.25, 0.3) is 0 Å². The van der Waals surface area contributed by atoms with E-state index >= 15 is 0 Å². The topological polar surface area (TPSA) is 188 Å². The number of hydrogen-bond donors (Lipinski definition) is 1. The SMILES string of the molecule is C=C[C@@H]1C[C@]1(CC(=O)C1C[C@@H](Oc2nccc3cc(OC)ccc23)CN1C(=O)[C@@H](CC(=O)CC(C)(C)C)C(C)(C)C)C(=O)NS(=O)(=O)OC1(C)CC1.CC(C)(C)N=C=O. The van der Waals surface area contributed by atoms with Crippen LogP contribution in [0.1, 0.15) is 114 Å². The number of fused-ring (bicyclic) bond motifs is 1. The number of ether oxygens (including phenoxy) is 2. The van der Waals surface area contributed by atoms with Crippen LogP contribution in [-0.2, 0) is 38.5 Å². The van der Waals surface area contributed by atoms with Crippen LogP contribution in [0.5, 0.6) is 11.6 Å². The summed E-state index contributed by atoms with van der Waals surface area (Å²) in [5.41, 5.74) is -3.35. The zero-order valence-corrected chi connectivity index (χ0v) is 37.3. The van der Waals surface area contributed by atoms with Crippen LogP contribution in [0.4, 0.5) is 0 Å². The van der Waals surface area contributed by atoms with Gasteiger partial charge in [-0.25, -0.2) is 23.7 Å². The maximum absolute atomic E-state index is 14.6. The van der Waals surface area contributed by atoms with Gasteiger partial charge in [0.2, 0.25) is 23.8 Å². The Bertz CT molecular complexity index is 2090. The number of ketones is 2. The Hall–Kier alpha value is -4.46. The van der Waals surface area contributed by atoms with Gasteiger partial charge in [-0.3, -0.25) is 19.2 Å². The third-order valence-electron chi connectivity index (χ3n) is 10.9. The first-order valence-electron chi connectivity index (χ1n) is 20.1. The van der Waals surface area contributed by atoms with Crippen LogP contribution >= 0.6 is 0 Å². The Labute approximate surface area is 349 Å². The van der Waals surface area contributed by atoms with Gasteiger partial charge in [-0.15, -0.1) is 6.58 Å². The lowest BCUT2D eigenvalue weighted by molar-refractivity contribution is -0.146. The van der Waals surface area contributed by atoms with Crippen LogP contribution in [0.2, 0.25) is 0 Å². The second-order valence-electron chi connectivity index (χ2n) is 19.7. The van der Waals surface area contributed by atoms with Crippen molar-refractivity contribution in [1.82, 2.24) is 14.6 Å². The molecule has 1 N–H and O–H groups in total. The molecule has 2 aliphatic carbocycles. The van der Waals surface area contributed by atoms with Gasteiger partial charge in [0.1, 0.15) is 17.6 Å². The fraction of sp³-hybridized carbons (Fsp3) is 0.636. The van der Waals surface area contributed by atoms with Gasteiger partial charge in [0.15, 0.2) is 5.78 Å². The number of allylic oxidation sites excluding steroid dienone is 1. The van der Waals surface area contributed by atoms with Crippen LogP contribution in [-0.4, -0.2) is 84.7 Å². The number of Topliss-reactive ketones (excluding diaryl/α,β-unsaturated/α-hetero) is 2. The molecule has 2 saturated carbocycles. The molecule has 1 aromatic heterocycles. The second-order valence-corrected chi connectivity index (χ2v) is 21.0. The van der Waals surface area contributed by atoms with Crippen LogP contribution in [0.3, 0.4) is 0 Å². The van der Waals surface area contributed by atoms with Crippen molar-refractivity contribution in [3.05, 3.63) is 43.1 Å². The third-order valence-corrected chi connectivity index (χ3v) is 11.9. The quantitative estimate of drug-likeness (QED) is 0.112. The smallest absolute Gasteiger partial charge is 0.362 e. The summed E-state index contributed by atoms with van der Waals surface area (Å²) in [5, 5.41) is 1.56. The lowest BCUT2D eigenvalue weighted by Gasteiger charge is -2.35. The van der Waals surface area contributed by atoms with Crippen molar-refractivity contribution in [2.45, 2.75) is 137 Å². The third kappa shape index (κ3) is 12.8. The fourth-order valence-corrected chi connectivity index (χ4v) is 8.48. The highest BCUT2D eigenvalue weighted by Crippen LogP contribution is 2.57. The summed E-state index contributed by atoms with van der Waals surface area (Å²) in [4.78, 5) is 74.8. The van der Waals surface area contributed by atoms with Gasteiger partial charge in [-0.05, 0) is 93.4 Å². The zero-order valence-electron chi connectivity index (χ0n) is 36.5. The molecule has 5 rings (SSSR count). The molecule has 14 nitrogen and oxygen atoms in total. The monoisotopic (exact) mass is 838 g/mol.